The first-order chi connectivity index (χ1) is 10.3. The highest BCUT2D eigenvalue weighted by molar-refractivity contribution is 7.92. The van der Waals surface area contributed by atoms with Gasteiger partial charge in [0.1, 0.15) is 11.3 Å². The quantitative estimate of drug-likeness (QED) is 0.674. The average Bonchev–Trinajstić information content (AvgIpc) is 2.71. The van der Waals surface area contributed by atoms with E-state index < -0.39 is 32.9 Å². The van der Waals surface area contributed by atoms with Crippen LogP contribution < -0.4 is 0 Å². The highest BCUT2D eigenvalue weighted by Crippen LogP contribution is 2.25. The van der Waals surface area contributed by atoms with Crippen LogP contribution >= 0.6 is 0 Å². The number of likely N-dealkylation sites (N-methyl/N-ethyl adjacent to an activating group) is 1. The van der Waals surface area contributed by atoms with Gasteiger partial charge in [-0.3, -0.25) is 19.3 Å². The minimum atomic E-state index is -3.46. The standard InChI is InChI=1S/C14H22N2O5S/c1-3-7-16(10-9-12(17)15(2)13(10)18)14(19)11-6-4-5-8-22(11,20)21/h10-11H,3-9H2,1-2H3. The molecule has 2 aliphatic heterocycles. The number of rotatable bonds is 4. The minimum absolute atomic E-state index is 0.0147. The third-order valence-corrected chi connectivity index (χ3v) is 6.50. The molecule has 0 bridgehead atoms. The third kappa shape index (κ3) is 3.02. The van der Waals surface area contributed by atoms with E-state index in [1.807, 2.05) is 6.92 Å². The van der Waals surface area contributed by atoms with Crippen molar-refractivity contribution >= 4 is 27.6 Å². The summed E-state index contributed by atoms with van der Waals surface area (Å²) in [7, 11) is -2.08. The van der Waals surface area contributed by atoms with E-state index in [1.165, 1.54) is 11.9 Å². The van der Waals surface area contributed by atoms with Gasteiger partial charge in [-0.25, -0.2) is 8.42 Å². The van der Waals surface area contributed by atoms with E-state index in [9.17, 15) is 22.8 Å². The zero-order valence-corrected chi connectivity index (χ0v) is 13.8. The Bertz CT molecular complexity index is 586. The number of sulfone groups is 1. The summed E-state index contributed by atoms with van der Waals surface area (Å²) >= 11 is 0. The van der Waals surface area contributed by atoms with Crippen LogP contribution in [0.5, 0.6) is 0 Å². The molecule has 2 heterocycles. The Balaban J connectivity index is 2.26. The van der Waals surface area contributed by atoms with Crippen LogP contribution in [0.4, 0.5) is 0 Å². The Morgan fingerprint density at radius 2 is 2.00 bits per heavy atom. The van der Waals surface area contributed by atoms with Crippen LogP contribution in [-0.2, 0) is 24.2 Å². The lowest BCUT2D eigenvalue weighted by Crippen LogP contribution is -2.52. The minimum Gasteiger partial charge on any atom is -0.329 e. The topological polar surface area (TPSA) is 91.8 Å². The normalized spacial score (nSPS) is 28.0. The molecule has 7 nitrogen and oxygen atoms in total. The van der Waals surface area contributed by atoms with Crippen molar-refractivity contribution in [1.29, 1.82) is 0 Å². The van der Waals surface area contributed by atoms with Crippen molar-refractivity contribution in [2.75, 3.05) is 19.3 Å². The molecule has 124 valence electrons. The summed E-state index contributed by atoms with van der Waals surface area (Å²) in [5.74, 6) is -1.28. The van der Waals surface area contributed by atoms with Gasteiger partial charge in [-0.15, -0.1) is 0 Å². The van der Waals surface area contributed by atoms with E-state index in [-0.39, 0.29) is 24.6 Å². The predicted molar refractivity (Wildman–Crippen MR) is 79.6 cm³/mol. The highest BCUT2D eigenvalue weighted by Gasteiger charge is 2.45. The molecule has 2 saturated heterocycles. The zero-order valence-electron chi connectivity index (χ0n) is 12.9. The molecule has 0 aromatic heterocycles. The Labute approximate surface area is 130 Å². The van der Waals surface area contributed by atoms with Gasteiger partial charge in [0.15, 0.2) is 9.84 Å². The summed E-state index contributed by atoms with van der Waals surface area (Å²) in [6.45, 7) is 2.13. The van der Waals surface area contributed by atoms with Crippen LogP contribution in [0, 0.1) is 0 Å². The lowest BCUT2D eigenvalue weighted by Gasteiger charge is -2.32. The Morgan fingerprint density at radius 1 is 1.32 bits per heavy atom. The number of nitrogens with zero attached hydrogens (tertiary/aromatic N) is 2. The lowest BCUT2D eigenvalue weighted by molar-refractivity contribution is -0.143. The summed E-state index contributed by atoms with van der Waals surface area (Å²) in [4.78, 5) is 38.8. The molecule has 0 saturated carbocycles. The Morgan fingerprint density at radius 3 is 2.50 bits per heavy atom. The molecule has 22 heavy (non-hydrogen) atoms. The molecule has 2 atom stereocenters. The first-order valence-electron chi connectivity index (χ1n) is 7.62. The monoisotopic (exact) mass is 330 g/mol. The molecule has 0 aromatic carbocycles. The maximum Gasteiger partial charge on any atom is 0.252 e. The number of likely N-dealkylation sites (tertiary alicyclic amines) is 1. The zero-order chi connectivity index (χ0) is 16.5. The summed E-state index contributed by atoms with van der Waals surface area (Å²) in [6, 6.07) is -0.859. The predicted octanol–water partition coefficient (Wildman–Crippen LogP) is -0.0504. The molecular weight excluding hydrogens is 308 g/mol. The van der Waals surface area contributed by atoms with Gasteiger partial charge in [0.05, 0.1) is 12.2 Å². The molecule has 0 radical (unpaired) electrons. The van der Waals surface area contributed by atoms with E-state index in [4.69, 9.17) is 0 Å². The van der Waals surface area contributed by atoms with E-state index in [0.717, 1.165) is 4.90 Å². The first kappa shape index (κ1) is 16.9. The van der Waals surface area contributed by atoms with Gasteiger partial charge in [-0.05, 0) is 19.3 Å². The van der Waals surface area contributed by atoms with E-state index in [0.29, 0.717) is 25.7 Å². The second kappa shape index (κ2) is 6.36. The average molecular weight is 330 g/mol. The molecule has 0 spiro atoms. The van der Waals surface area contributed by atoms with E-state index >= 15 is 0 Å². The van der Waals surface area contributed by atoms with Crippen molar-refractivity contribution in [3.05, 3.63) is 0 Å². The second-order valence-corrected chi connectivity index (χ2v) is 8.20. The van der Waals surface area contributed by atoms with Gasteiger partial charge in [-0.2, -0.15) is 0 Å². The van der Waals surface area contributed by atoms with Gasteiger partial charge in [-0.1, -0.05) is 13.3 Å². The van der Waals surface area contributed by atoms with Crippen molar-refractivity contribution in [2.45, 2.75) is 50.3 Å². The van der Waals surface area contributed by atoms with Crippen LogP contribution in [0.15, 0.2) is 0 Å². The van der Waals surface area contributed by atoms with Crippen molar-refractivity contribution in [3.8, 4) is 0 Å². The third-order valence-electron chi connectivity index (χ3n) is 4.34. The van der Waals surface area contributed by atoms with Gasteiger partial charge < -0.3 is 4.90 Å². The largest absolute Gasteiger partial charge is 0.329 e. The molecule has 0 aliphatic carbocycles. The molecule has 2 rings (SSSR count). The van der Waals surface area contributed by atoms with Gasteiger partial charge in [0.25, 0.3) is 5.91 Å². The van der Waals surface area contributed by atoms with E-state index in [2.05, 4.69) is 0 Å². The smallest absolute Gasteiger partial charge is 0.252 e. The molecule has 2 fully saturated rings. The van der Waals surface area contributed by atoms with Crippen LogP contribution in [0.1, 0.15) is 39.0 Å². The number of imide groups is 1. The number of hydrogen-bond donors (Lipinski definition) is 0. The lowest BCUT2D eigenvalue weighted by atomic mass is 10.1. The van der Waals surface area contributed by atoms with Crippen molar-refractivity contribution in [3.63, 3.8) is 0 Å². The van der Waals surface area contributed by atoms with Crippen LogP contribution in [0.3, 0.4) is 0 Å². The fraction of sp³-hybridized carbons (Fsp3) is 0.786. The summed E-state index contributed by atoms with van der Waals surface area (Å²) < 4.78 is 24.3. The summed E-state index contributed by atoms with van der Waals surface area (Å²) in [6.07, 6.45) is 2.09. The number of amides is 3. The molecular formula is C14H22N2O5S. The molecule has 2 unspecified atom stereocenters. The number of carbonyl (C=O) groups excluding carboxylic acids is 3. The molecule has 0 aromatic rings. The van der Waals surface area contributed by atoms with Crippen LogP contribution in [-0.4, -0.2) is 66.6 Å². The number of hydrogen-bond acceptors (Lipinski definition) is 5. The fourth-order valence-electron chi connectivity index (χ4n) is 3.06. The molecule has 8 heteroatoms. The molecule has 0 N–H and O–H groups in total. The molecule has 2 aliphatic rings. The Hall–Kier alpha value is -1.44. The van der Waals surface area contributed by atoms with Crippen molar-refractivity contribution in [2.24, 2.45) is 0 Å². The van der Waals surface area contributed by atoms with Gasteiger partial charge in [0.2, 0.25) is 11.8 Å². The SMILES string of the molecule is CCCN(C(=O)C1CCCCS1(=O)=O)C1CC(=O)N(C)C1=O. The first-order valence-corrected chi connectivity index (χ1v) is 9.33. The van der Waals surface area contributed by atoms with Crippen LogP contribution in [0.25, 0.3) is 0 Å². The molecule has 3 amide bonds. The maximum atomic E-state index is 12.7. The maximum absolute atomic E-state index is 12.7. The van der Waals surface area contributed by atoms with Crippen molar-refractivity contribution in [1.82, 2.24) is 9.80 Å². The second-order valence-electron chi connectivity index (χ2n) is 5.89. The fourth-order valence-corrected chi connectivity index (χ4v) is 4.92. The Kier molecular flexibility index (Phi) is 4.89. The van der Waals surface area contributed by atoms with E-state index in [1.54, 1.807) is 0 Å². The van der Waals surface area contributed by atoms with Gasteiger partial charge in [0, 0.05) is 13.6 Å². The summed E-state index contributed by atoms with van der Waals surface area (Å²) in [5, 5.41) is -1.07. The highest BCUT2D eigenvalue weighted by atomic mass is 32.2. The summed E-state index contributed by atoms with van der Waals surface area (Å²) in [5.41, 5.74) is 0. The van der Waals surface area contributed by atoms with Crippen molar-refractivity contribution < 1.29 is 22.8 Å². The number of carbonyl (C=O) groups is 3. The van der Waals surface area contributed by atoms with Crippen LogP contribution in [0.2, 0.25) is 0 Å². The van der Waals surface area contributed by atoms with Gasteiger partial charge >= 0.3 is 0 Å².